The highest BCUT2D eigenvalue weighted by Gasteiger charge is 2.39. The first-order valence-electron chi connectivity index (χ1n) is 7.46. The number of rotatable bonds is 12. The summed E-state index contributed by atoms with van der Waals surface area (Å²) in [6.07, 6.45) is 1.22. The maximum absolute atomic E-state index is 11.9. The summed E-state index contributed by atoms with van der Waals surface area (Å²) in [5.41, 5.74) is -1.29. The fourth-order valence-corrected chi connectivity index (χ4v) is 1.38. The van der Waals surface area contributed by atoms with Gasteiger partial charge in [-0.25, -0.2) is 0 Å². The molecule has 0 aromatic carbocycles. The zero-order valence-electron chi connectivity index (χ0n) is 13.6. The number of ether oxygens (including phenoxy) is 4. The van der Waals surface area contributed by atoms with Crippen LogP contribution in [0.2, 0.25) is 0 Å². The minimum Gasteiger partial charge on any atom is -0.465 e. The van der Waals surface area contributed by atoms with Crippen LogP contribution in [0.4, 0.5) is 0 Å². The predicted octanol–water partition coefficient (Wildman–Crippen LogP) is 1.95. The Kier molecular flexibility index (Phi) is 10.9. The number of carbonyl (C=O) groups is 2. The fourth-order valence-electron chi connectivity index (χ4n) is 1.38. The zero-order valence-corrected chi connectivity index (χ0v) is 13.6. The van der Waals surface area contributed by atoms with Gasteiger partial charge in [-0.05, 0) is 27.7 Å². The van der Waals surface area contributed by atoms with E-state index in [0.717, 1.165) is 0 Å². The second kappa shape index (κ2) is 11.5. The molecule has 0 aromatic rings. The number of carbonyl (C=O) groups excluding carboxylic acids is 2. The summed E-state index contributed by atoms with van der Waals surface area (Å²) in [7, 11) is 0. The summed E-state index contributed by atoms with van der Waals surface area (Å²) in [6, 6.07) is 0. The Bertz CT molecular complexity index is 273. The highest BCUT2D eigenvalue weighted by atomic mass is 16.6. The Hall–Kier alpha value is -1.14. The van der Waals surface area contributed by atoms with Gasteiger partial charge in [-0.2, -0.15) is 0 Å². The number of hydrogen-bond acceptors (Lipinski definition) is 6. The van der Waals surface area contributed by atoms with Crippen LogP contribution in [-0.2, 0) is 28.5 Å². The molecule has 0 spiro atoms. The topological polar surface area (TPSA) is 71.1 Å². The standard InChI is InChI=1S/C15H28O6/c1-5-18-9-7-11-20-13(16)15(3,4)14(17)21-12-8-10-19-6-2/h5-12H2,1-4H3. The van der Waals surface area contributed by atoms with E-state index in [1.54, 1.807) is 0 Å². The first kappa shape index (κ1) is 19.9. The average Bonchev–Trinajstić information content (AvgIpc) is 2.46. The van der Waals surface area contributed by atoms with E-state index in [1.165, 1.54) is 13.8 Å². The van der Waals surface area contributed by atoms with Crippen LogP contribution in [0.25, 0.3) is 0 Å². The lowest BCUT2D eigenvalue weighted by Crippen LogP contribution is -2.37. The molecule has 0 amide bonds. The molecule has 6 nitrogen and oxygen atoms in total. The van der Waals surface area contributed by atoms with Crippen LogP contribution in [-0.4, -0.2) is 51.6 Å². The monoisotopic (exact) mass is 304 g/mol. The zero-order chi connectivity index (χ0) is 16.1. The van der Waals surface area contributed by atoms with E-state index in [0.29, 0.717) is 39.3 Å². The molecule has 0 atom stereocenters. The van der Waals surface area contributed by atoms with Crippen LogP contribution in [0.15, 0.2) is 0 Å². The van der Waals surface area contributed by atoms with Crippen molar-refractivity contribution >= 4 is 11.9 Å². The Morgan fingerprint density at radius 1 is 0.762 bits per heavy atom. The quantitative estimate of drug-likeness (QED) is 0.312. The molecule has 0 unspecified atom stereocenters. The number of esters is 2. The average molecular weight is 304 g/mol. The van der Waals surface area contributed by atoms with Gasteiger partial charge in [0.25, 0.3) is 0 Å². The van der Waals surface area contributed by atoms with Crippen LogP contribution in [0.3, 0.4) is 0 Å². The normalized spacial score (nSPS) is 11.2. The van der Waals surface area contributed by atoms with Gasteiger partial charge >= 0.3 is 11.9 Å². The minimum absolute atomic E-state index is 0.236. The fraction of sp³-hybridized carbons (Fsp3) is 0.867. The second-order valence-corrected chi connectivity index (χ2v) is 5.00. The van der Waals surface area contributed by atoms with Crippen molar-refractivity contribution in [2.75, 3.05) is 39.6 Å². The molecule has 0 aliphatic carbocycles. The van der Waals surface area contributed by atoms with Crippen molar-refractivity contribution in [1.29, 1.82) is 0 Å². The molecule has 0 aromatic heterocycles. The molecule has 0 bridgehead atoms. The lowest BCUT2D eigenvalue weighted by Gasteiger charge is -2.20. The van der Waals surface area contributed by atoms with Crippen LogP contribution >= 0.6 is 0 Å². The second-order valence-electron chi connectivity index (χ2n) is 5.00. The van der Waals surface area contributed by atoms with Gasteiger partial charge in [-0.3, -0.25) is 9.59 Å². The summed E-state index contributed by atoms with van der Waals surface area (Å²) >= 11 is 0. The molecule has 0 aliphatic heterocycles. The van der Waals surface area contributed by atoms with Crippen molar-refractivity contribution in [2.45, 2.75) is 40.5 Å². The predicted molar refractivity (Wildman–Crippen MR) is 77.9 cm³/mol. The molecule has 6 heteroatoms. The lowest BCUT2D eigenvalue weighted by atomic mass is 9.94. The smallest absolute Gasteiger partial charge is 0.322 e. The third-order valence-corrected chi connectivity index (χ3v) is 2.76. The first-order chi connectivity index (χ1) is 9.96. The van der Waals surface area contributed by atoms with Crippen molar-refractivity contribution in [1.82, 2.24) is 0 Å². The van der Waals surface area contributed by atoms with Crippen LogP contribution in [0.1, 0.15) is 40.5 Å². The van der Waals surface area contributed by atoms with Crippen molar-refractivity contribution in [3.05, 3.63) is 0 Å². The van der Waals surface area contributed by atoms with Gasteiger partial charge in [0.15, 0.2) is 5.41 Å². The molecule has 0 aliphatic rings. The van der Waals surface area contributed by atoms with Crippen LogP contribution in [0.5, 0.6) is 0 Å². The Balaban J connectivity index is 3.95. The van der Waals surface area contributed by atoms with E-state index in [9.17, 15) is 9.59 Å². The molecule has 0 rings (SSSR count). The largest absolute Gasteiger partial charge is 0.465 e. The molecule has 0 N–H and O–H groups in total. The maximum atomic E-state index is 11.9. The first-order valence-corrected chi connectivity index (χ1v) is 7.46. The molecule has 21 heavy (non-hydrogen) atoms. The summed E-state index contributed by atoms with van der Waals surface area (Å²) in [6.45, 7) is 9.61. The van der Waals surface area contributed by atoms with Crippen molar-refractivity contribution in [3.8, 4) is 0 Å². The summed E-state index contributed by atoms with van der Waals surface area (Å²) in [5.74, 6) is -1.15. The van der Waals surface area contributed by atoms with E-state index in [4.69, 9.17) is 18.9 Å². The highest BCUT2D eigenvalue weighted by molar-refractivity contribution is 5.99. The van der Waals surface area contributed by atoms with E-state index in [1.807, 2.05) is 13.8 Å². The third-order valence-electron chi connectivity index (χ3n) is 2.76. The van der Waals surface area contributed by atoms with Crippen molar-refractivity contribution in [3.63, 3.8) is 0 Å². The van der Waals surface area contributed by atoms with Crippen molar-refractivity contribution in [2.24, 2.45) is 5.41 Å². The molecule has 0 heterocycles. The molecule has 0 saturated carbocycles. The van der Waals surface area contributed by atoms with E-state index < -0.39 is 17.4 Å². The van der Waals surface area contributed by atoms with E-state index in [2.05, 4.69) is 0 Å². The Labute approximate surface area is 127 Å². The lowest BCUT2D eigenvalue weighted by molar-refractivity contribution is -0.170. The summed E-state index contributed by atoms with van der Waals surface area (Å²) in [4.78, 5) is 23.8. The van der Waals surface area contributed by atoms with Gasteiger partial charge in [-0.15, -0.1) is 0 Å². The van der Waals surface area contributed by atoms with Gasteiger partial charge in [0.2, 0.25) is 0 Å². The molecule has 0 radical (unpaired) electrons. The van der Waals surface area contributed by atoms with Crippen LogP contribution in [0, 0.1) is 5.41 Å². The van der Waals surface area contributed by atoms with E-state index >= 15 is 0 Å². The van der Waals surface area contributed by atoms with Crippen molar-refractivity contribution < 1.29 is 28.5 Å². The SMILES string of the molecule is CCOCCCOC(=O)C(C)(C)C(=O)OCCCOCC. The molecular formula is C15H28O6. The van der Waals surface area contributed by atoms with Crippen LogP contribution < -0.4 is 0 Å². The van der Waals surface area contributed by atoms with E-state index in [-0.39, 0.29) is 13.2 Å². The van der Waals surface area contributed by atoms with Gasteiger partial charge in [0.1, 0.15) is 0 Å². The molecule has 0 saturated heterocycles. The summed E-state index contributed by atoms with van der Waals surface area (Å²) < 4.78 is 20.4. The molecule has 124 valence electrons. The van der Waals surface area contributed by atoms with Gasteiger partial charge < -0.3 is 18.9 Å². The number of hydrogen-bond donors (Lipinski definition) is 0. The Morgan fingerprint density at radius 2 is 1.14 bits per heavy atom. The Morgan fingerprint density at radius 3 is 1.48 bits per heavy atom. The summed E-state index contributed by atoms with van der Waals surface area (Å²) in [5, 5.41) is 0. The highest BCUT2D eigenvalue weighted by Crippen LogP contribution is 2.19. The van der Waals surface area contributed by atoms with Gasteiger partial charge in [0, 0.05) is 39.3 Å². The van der Waals surface area contributed by atoms with Gasteiger partial charge in [-0.1, -0.05) is 0 Å². The maximum Gasteiger partial charge on any atom is 0.322 e. The minimum atomic E-state index is -1.29. The van der Waals surface area contributed by atoms with Gasteiger partial charge in [0.05, 0.1) is 13.2 Å². The molecule has 0 fully saturated rings. The third kappa shape index (κ3) is 8.67. The molecular weight excluding hydrogens is 276 g/mol.